The molecule has 0 fully saturated rings. The van der Waals surface area contributed by atoms with E-state index in [0.717, 1.165) is 0 Å². The van der Waals surface area contributed by atoms with Gasteiger partial charge in [0.2, 0.25) is 0 Å². The Labute approximate surface area is 122 Å². The molecule has 1 aliphatic carbocycles. The Hall–Kier alpha value is -1.28. The summed E-state index contributed by atoms with van der Waals surface area (Å²) in [5, 5.41) is 14.3. The van der Waals surface area contributed by atoms with Crippen LogP contribution in [-0.2, 0) is 0 Å². The number of rotatable bonds is 7. The number of hydrogen-bond donors (Lipinski definition) is 3. The van der Waals surface area contributed by atoms with Crippen molar-refractivity contribution >= 4 is 6.03 Å². The number of alkyl halides is 3. The molecule has 0 radical (unpaired) electrons. The molecule has 122 valence electrons. The second-order valence-electron chi connectivity index (χ2n) is 5.28. The number of amides is 2. The fourth-order valence-corrected chi connectivity index (χ4v) is 2.17. The van der Waals surface area contributed by atoms with Gasteiger partial charge in [-0.1, -0.05) is 12.2 Å². The van der Waals surface area contributed by atoms with Crippen LogP contribution in [0.15, 0.2) is 12.2 Å². The van der Waals surface area contributed by atoms with Crippen LogP contribution in [0.2, 0.25) is 0 Å². The van der Waals surface area contributed by atoms with Gasteiger partial charge in [0.15, 0.2) is 0 Å². The first-order valence-corrected chi connectivity index (χ1v) is 6.89. The van der Waals surface area contributed by atoms with Crippen LogP contribution in [0, 0.1) is 5.92 Å². The number of urea groups is 1. The summed E-state index contributed by atoms with van der Waals surface area (Å²) in [6, 6.07) is -0.447. The molecule has 0 aromatic carbocycles. The van der Waals surface area contributed by atoms with E-state index in [2.05, 4.69) is 10.6 Å². The van der Waals surface area contributed by atoms with Crippen molar-refractivity contribution in [2.45, 2.75) is 25.1 Å². The highest BCUT2D eigenvalue weighted by molar-refractivity contribution is 5.74. The summed E-state index contributed by atoms with van der Waals surface area (Å²) < 4.78 is 36.3. The standard InChI is InChI=1S/C13H22F3N3O2/c1-19(9-13(14,15)16)6-2-5-17-12(21)18-11-4-3-10(7-11)8-20/h3-4,10-11,20H,2,5-9H2,1H3,(H2,17,18,21)/t10-,11+/m0/s1. The number of nitrogens with one attached hydrogen (secondary N) is 2. The molecule has 1 aliphatic rings. The molecular weight excluding hydrogens is 287 g/mol. The van der Waals surface area contributed by atoms with Gasteiger partial charge in [-0.3, -0.25) is 4.90 Å². The Balaban J connectivity index is 2.08. The third-order valence-electron chi connectivity index (χ3n) is 3.17. The van der Waals surface area contributed by atoms with Gasteiger partial charge >= 0.3 is 12.2 Å². The van der Waals surface area contributed by atoms with Crippen molar-refractivity contribution in [2.24, 2.45) is 5.92 Å². The van der Waals surface area contributed by atoms with Crippen molar-refractivity contribution in [3.8, 4) is 0 Å². The van der Waals surface area contributed by atoms with Crippen LogP contribution in [-0.4, -0.2) is 61.5 Å². The van der Waals surface area contributed by atoms with Gasteiger partial charge in [-0.15, -0.1) is 0 Å². The molecule has 8 heteroatoms. The van der Waals surface area contributed by atoms with Crippen molar-refractivity contribution in [3.63, 3.8) is 0 Å². The fourth-order valence-electron chi connectivity index (χ4n) is 2.17. The zero-order chi connectivity index (χ0) is 15.9. The number of aliphatic hydroxyl groups excluding tert-OH is 1. The molecule has 0 bridgehead atoms. The van der Waals surface area contributed by atoms with Crippen molar-refractivity contribution < 1.29 is 23.1 Å². The molecule has 0 aromatic rings. The van der Waals surface area contributed by atoms with E-state index in [-0.39, 0.29) is 31.1 Å². The van der Waals surface area contributed by atoms with E-state index in [1.165, 1.54) is 11.9 Å². The van der Waals surface area contributed by atoms with Crippen LogP contribution in [0.1, 0.15) is 12.8 Å². The molecule has 0 aliphatic heterocycles. The summed E-state index contributed by atoms with van der Waals surface area (Å²) >= 11 is 0. The van der Waals surface area contributed by atoms with Crippen molar-refractivity contribution in [1.82, 2.24) is 15.5 Å². The molecular formula is C13H22F3N3O2. The van der Waals surface area contributed by atoms with Gasteiger partial charge < -0.3 is 15.7 Å². The minimum Gasteiger partial charge on any atom is -0.396 e. The molecule has 0 spiro atoms. The van der Waals surface area contributed by atoms with Crippen molar-refractivity contribution in [3.05, 3.63) is 12.2 Å². The lowest BCUT2D eigenvalue weighted by molar-refractivity contribution is -0.143. The maximum absolute atomic E-state index is 12.1. The number of halogens is 3. The van der Waals surface area contributed by atoms with E-state index >= 15 is 0 Å². The zero-order valence-corrected chi connectivity index (χ0v) is 12.0. The van der Waals surface area contributed by atoms with Crippen LogP contribution in [0.5, 0.6) is 0 Å². The molecule has 0 heterocycles. The average Bonchev–Trinajstić information content (AvgIpc) is 2.80. The van der Waals surface area contributed by atoms with Gasteiger partial charge in [0.05, 0.1) is 6.54 Å². The molecule has 0 unspecified atom stereocenters. The maximum atomic E-state index is 12.1. The smallest absolute Gasteiger partial charge is 0.396 e. The molecule has 0 saturated carbocycles. The van der Waals surface area contributed by atoms with Crippen LogP contribution < -0.4 is 10.6 Å². The highest BCUT2D eigenvalue weighted by Crippen LogP contribution is 2.17. The second kappa shape index (κ2) is 8.23. The largest absolute Gasteiger partial charge is 0.401 e. The van der Waals surface area contributed by atoms with E-state index in [4.69, 9.17) is 5.11 Å². The number of carbonyl (C=O) groups is 1. The third kappa shape index (κ3) is 7.91. The van der Waals surface area contributed by atoms with Gasteiger partial charge in [-0.25, -0.2) is 4.79 Å². The monoisotopic (exact) mass is 309 g/mol. The van der Waals surface area contributed by atoms with Gasteiger partial charge in [0, 0.05) is 25.1 Å². The molecule has 21 heavy (non-hydrogen) atoms. The third-order valence-corrected chi connectivity index (χ3v) is 3.17. The number of hydrogen-bond acceptors (Lipinski definition) is 3. The van der Waals surface area contributed by atoms with E-state index in [0.29, 0.717) is 19.4 Å². The molecule has 2 atom stereocenters. The predicted octanol–water partition coefficient (Wildman–Crippen LogP) is 1.11. The van der Waals surface area contributed by atoms with Crippen LogP contribution in [0.3, 0.4) is 0 Å². The lowest BCUT2D eigenvalue weighted by Crippen LogP contribution is -2.42. The average molecular weight is 309 g/mol. The van der Waals surface area contributed by atoms with Gasteiger partial charge in [-0.05, 0) is 26.4 Å². The Morgan fingerprint density at radius 3 is 2.71 bits per heavy atom. The molecule has 0 saturated heterocycles. The number of carbonyl (C=O) groups excluding carboxylic acids is 1. The Morgan fingerprint density at radius 1 is 1.43 bits per heavy atom. The van der Waals surface area contributed by atoms with Gasteiger partial charge in [-0.2, -0.15) is 13.2 Å². The SMILES string of the molecule is CN(CCCNC(=O)N[C@@H]1C=C[C@H](CO)C1)CC(F)(F)F. The fraction of sp³-hybridized carbons (Fsp3) is 0.769. The first kappa shape index (κ1) is 17.8. The van der Waals surface area contributed by atoms with Crippen LogP contribution >= 0.6 is 0 Å². The topological polar surface area (TPSA) is 64.6 Å². The van der Waals surface area contributed by atoms with E-state index in [1.807, 2.05) is 12.2 Å². The molecule has 2 amide bonds. The minimum atomic E-state index is -4.20. The lowest BCUT2D eigenvalue weighted by atomic mass is 10.1. The minimum absolute atomic E-state index is 0.0574. The van der Waals surface area contributed by atoms with Crippen molar-refractivity contribution in [1.29, 1.82) is 0 Å². The first-order chi connectivity index (χ1) is 9.80. The van der Waals surface area contributed by atoms with Crippen LogP contribution in [0.25, 0.3) is 0 Å². The second-order valence-corrected chi connectivity index (χ2v) is 5.28. The summed E-state index contributed by atoms with van der Waals surface area (Å²) in [5.41, 5.74) is 0. The predicted molar refractivity (Wildman–Crippen MR) is 72.8 cm³/mol. The van der Waals surface area contributed by atoms with E-state index in [1.54, 1.807) is 0 Å². The Kier molecular flexibility index (Phi) is 6.97. The summed E-state index contributed by atoms with van der Waals surface area (Å²) in [7, 11) is 1.39. The Bertz CT molecular complexity index is 361. The lowest BCUT2D eigenvalue weighted by Gasteiger charge is -2.18. The molecule has 0 aromatic heterocycles. The van der Waals surface area contributed by atoms with E-state index in [9.17, 15) is 18.0 Å². The highest BCUT2D eigenvalue weighted by atomic mass is 19.4. The molecule has 5 nitrogen and oxygen atoms in total. The van der Waals surface area contributed by atoms with Gasteiger partial charge in [0.1, 0.15) is 0 Å². The first-order valence-electron chi connectivity index (χ1n) is 6.89. The maximum Gasteiger partial charge on any atom is 0.401 e. The van der Waals surface area contributed by atoms with Crippen LogP contribution in [0.4, 0.5) is 18.0 Å². The molecule has 1 rings (SSSR count). The summed E-state index contributed by atoms with van der Waals surface area (Å²) in [6.45, 7) is -0.319. The van der Waals surface area contributed by atoms with Crippen molar-refractivity contribution in [2.75, 3.05) is 33.3 Å². The van der Waals surface area contributed by atoms with Gasteiger partial charge in [0.25, 0.3) is 0 Å². The van der Waals surface area contributed by atoms with E-state index < -0.39 is 12.7 Å². The number of nitrogens with zero attached hydrogens (tertiary/aromatic N) is 1. The Morgan fingerprint density at radius 2 is 2.14 bits per heavy atom. The quantitative estimate of drug-likeness (QED) is 0.487. The normalized spacial score (nSPS) is 21.8. The zero-order valence-electron chi connectivity index (χ0n) is 12.0. The number of aliphatic hydroxyl groups is 1. The summed E-state index contributed by atoms with van der Waals surface area (Å²) in [6.07, 6.45) is 0.601. The molecule has 3 N–H and O–H groups in total. The summed E-state index contributed by atoms with van der Waals surface area (Å²) in [4.78, 5) is 12.7. The summed E-state index contributed by atoms with van der Waals surface area (Å²) in [5.74, 6) is 0.0753. The highest BCUT2D eigenvalue weighted by Gasteiger charge is 2.28.